The van der Waals surface area contributed by atoms with Crippen LogP contribution in [0.4, 0.5) is 17.2 Å². The minimum atomic E-state index is -0.508. The number of nitrogens with zero attached hydrogens (tertiary/aromatic N) is 2. The van der Waals surface area contributed by atoms with Crippen LogP contribution in [0.15, 0.2) is 30.5 Å². The summed E-state index contributed by atoms with van der Waals surface area (Å²) >= 11 is 0. The summed E-state index contributed by atoms with van der Waals surface area (Å²) in [7, 11) is 0. The van der Waals surface area contributed by atoms with Gasteiger partial charge in [0, 0.05) is 24.6 Å². The molecule has 2 fully saturated rings. The Bertz CT molecular complexity index is 1040. The fourth-order valence-electron chi connectivity index (χ4n) is 5.50. The number of carbonyl (C=O) groups excluding carboxylic acids is 2. The van der Waals surface area contributed by atoms with Crippen LogP contribution in [-0.4, -0.2) is 41.3 Å². The van der Waals surface area contributed by atoms with E-state index in [-0.39, 0.29) is 17.7 Å². The molecule has 2 amide bonds. The molecule has 174 valence electrons. The van der Waals surface area contributed by atoms with Gasteiger partial charge in [-0.15, -0.1) is 5.10 Å². The van der Waals surface area contributed by atoms with Crippen molar-refractivity contribution >= 4 is 29.0 Å². The van der Waals surface area contributed by atoms with Gasteiger partial charge in [-0.05, 0) is 67.9 Å². The molecule has 1 unspecified atom stereocenters. The largest absolute Gasteiger partial charge is 0.381 e. The third-order valence-electron chi connectivity index (χ3n) is 7.33. The number of aryl methyl sites for hydroxylation is 1. The third-order valence-corrected chi connectivity index (χ3v) is 7.33. The van der Waals surface area contributed by atoms with Crippen LogP contribution < -0.4 is 16.0 Å². The van der Waals surface area contributed by atoms with Crippen molar-refractivity contribution in [2.24, 2.45) is 5.92 Å². The number of hydrogen-bond acceptors (Lipinski definition) is 6. The second-order valence-corrected chi connectivity index (χ2v) is 9.54. The highest BCUT2D eigenvalue weighted by Crippen LogP contribution is 2.45. The molecule has 1 atom stereocenters. The van der Waals surface area contributed by atoms with E-state index in [9.17, 15) is 9.59 Å². The molecule has 1 saturated heterocycles. The maximum Gasteiger partial charge on any atom is 0.247 e. The molecule has 1 spiro atoms. The zero-order valence-corrected chi connectivity index (χ0v) is 19.0. The lowest BCUT2D eigenvalue weighted by molar-refractivity contribution is -0.124. The Morgan fingerprint density at radius 3 is 2.73 bits per heavy atom. The Labute approximate surface area is 193 Å². The first-order valence-corrected chi connectivity index (χ1v) is 12.0. The lowest BCUT2D eigenvalue weighted by Crippen LogP contribution is -2.42. The van der Waals surface area contributed by atoms with Gasteiger partial charge in [-0.2, -0.15) is 5.10 Å². The van der Waals surface area contributed by atoms with E-state index in [2.05, 4.69) is 26.1 Å². The van der Waals surface area contributed by atoms with Gasteiger partial charge in [0.15, 0.2) is 0 Å². The van der Waals surface area contributed by atoms with Crippen LogP contribution in [0.5, 0.6) is 0 Å². The van der Waals surface area contributed by atoms with Crippen molar-refractivity contribution in [2.75, 3.05) is 29.2 Å². The highest BCUT2D eigenvalue weighted by Gasteiger charge is 2.47. The predicted molar refractivity (Wildman–Crippen MR) is 126 cm³/mol. The monoisotopic (exact) mass is 449 g/mol. The number of aromatic nitrogens is 2. The van der Waals surface area contributed by atoms with Crippen LogP contribution in [0.3, 0.4) is 0 Å². The van der Waals surface area contributed by atoms with E-state index in [4.69, 9.17) is 4.74 Å². The Kier molecular flexibility index (Phi) is 6.01. The molecule has 2 aliphatic heterocycles. The number of carbonyl (C=O) groups is 2. The van der Waals surface area contributed by atoms with Gasteiger partial charge in [0.05, 0.1) is 11.6 Å². The van der Waals surface area contributed by atoms with Crippen LogP contribution >= 0.6 is 0 Å². The van der Waals surface area contributed by atoms with E-state index >= 15 is 0 Å². The number of ether oxygens (including phenoxy) is 1. The normalized spacial score (nSPS) is 20.7. The second-order valence-electron chi connectivity index (χ2n) is 9.54. The van der Waals surface area contributed by atoms with Gasteiger partial charge in [-0.3, -0.25) is 9.59 Å². The average Bonchev–Trinajstić information content (AvgIpc) is 3.08. The first-order valence-electron chi connectivity index (χ1n) is 12.0. The van der Waals surface area contributed by atoms with Gasteiger partial charge in [0.25, 0.3) is 0 Å². The minimum absolute atomic E-state index is 0.0315. The fraction of sp³-hybridized carbons (Fsp3) is 0.520. The number of amides is 2. The summed E-state index contributed by atoms with van der Waals surface area (Å²) in [6.07, 6.45) is 8.56. The molecule has 1 aromatic carbocycles. The van der Waals surface area contributed by atoms with Crippen molar-refractivity contribution in [3.05, 3.63) is 41.6 Å². The van der Waals surface area contributed by atoms with Crippen LogP contribution in [0.1, 0.15) is 56.1 Å². The first kappa shape index (κ1) is 21.8. The molecule has 2 aromatic rings. The van der Waals surface area contributed by atoms with E-state index < -0.39 is 11.5 Å². The second kappa shape index (κ2) is 9.09. The number of nitrogens with one attached hydrogen (secondary N) is 3. The lowest BCUT2D eigenvalue weighted by Gasteiger charge is -2.31. The molecule has 1 aliphatic carbocycles. The number of fused-ring (bicyclic) bond motifs is 2. The molecule has 3 N–H and O–H groups in total. The summed E-state index contributed by atoms with van der Waals surface area (Å²) in [5, 5.41) is 17.7. The van der Waals surface area contributed by atoms with Gasteiger partial charge in [-0.1, -0.05) is 25.3 Å². The van der Waals surface area contributed by atoms with Gasteiger partial charge in [0.1, 0.15) is 11.9 Å². The Morgan fingerprint density at radius 1 is 1.18 bits per heavy atom. The summed E-state index contributed by atoms with van der Waals surface area (Å²) < 4.78 is 5.48. The number of anilines is 3. The van der Waals surface area contributed by atoms with Gasteiger partial charge >= 0.3 is 0 Å². The molecule has 1 saturated carbocycles. The van der Waals surface area contributed by atoms with Gasteiger partial charge in [0.2, 0.25) is 11.8 Å². The van der Waals surface area contributed by atoms with E-state index in [1.54, 1.807) is 6.20 Å². The molecular weight excluding hydrogens is 418 g/mol. The number of hydrogen-bond donors (Lipinski definition) is 3. The van der Waals surface area contributed by atoms with E-state index in [0.29, 0.717) is 37.6 Å². The zero-order chi connectivity index (χ0) is 22.8. The van der Waals surface area contributed by atoms with Gasteiger partial charge in [-0.25, -0.2) is 0 Å². The number of benzene rings is 1. The molecular formula is C25H31N5O3. The molecule has 33 heavy (non-hydrogen) atoms. The average molecular weight is 450 g/mol. The summed E-state index contributed by atoms with van der Waals surface area (Å²) in [6.45, 7) is 3.13. The van der Waals surface area contributed by atoms with E-state index in [1.807, 2.05) is 31.2 Å². The predicted octanol–water partition coefficient (Wildman–Crippen LogP) is 3.78. The van der Waals surface area contributed by atoms with E-state index in [0.717, 1.165) is 42.5 Å². The van der Waals surface area contributed by atoms with Crippen molar-refractivity contribution < 1.29 is 14.3 Å². The Hall–Kier alpha value is -3.00. The standard InChI is InChI=1S/C25H31N5O3/c1-16-13-21(30-26-15-16)29-22(17-5-3-2-4-6-17)23(31)27-18-7-8-19-20(14-18)28-24(32)25(19)9-11-33-12-10-25/h7-8,13-15,17,22H,2-6,9-12H2,1H3,(H,27,31)(H,28,32)(H,29,30). The molecule has 3 aliphatic rings. The maximum atomic E-state index is 13.4. The Balaban J connectivity index is 1.36. The molecule has 1 aromatic heterocycles. The fourth-order valence-corrected chi connectivity index (χ4v) is 5.50. The highest BCUT2D eigenvalue weighted by molar-refractivity contribution is 6.07. The first-order chi connectivity index (χ1) is 16.0. The zero-order valence-electron chi connectivity index (χ0n) is 19.0. The van der Waals surface area contributed by atoms with Crippen molar-refractivity contribution in [2.45, 2.75) is 63.3 Å². The van der Waals surface area contributed by atoms with Crippen molar-refractivity contribution in [3.8, 4) is 0 Å². The third kappa shape index (κ3) is 4.31. The lowest BCUT2D eigenvalue weighted by atomic mass is 9.75. The maximum absolute atomic E-state index is 13.4. The topological polar surface area (TPSA) is 105 Å². The van der Waals surface area contributed by atoms with Crippen LogP contribution in [0.25, 0.3) is 0 Å². The van der Waals surface area contributed by atoms with Crippen LogP contribution in [-0.2, 0) is 19.7 Å². The molecule has 8 nitrogen and oxygen atoms in total. The summed E-state index contributed by atoms with van der Waals surface area (Å²) in [5.74, 6) is 0.795. The minimum Gasteiger partial charge on any atom is -0.381 e. The molecule has 0 radical (unpaired) electrons. The van der Waals surface area contributed by atoms with Gasteiger partial charge < -0.3 is 20.7 Å². The SMILES string of the molecule is Cc1cnnc(NC(C(=O)Nc2ccc3c(c2)NC(=O)C32CCOCC2)C2CCCCC2)c1. The van der Waals surface area contributed by atoms with Crippen molar-refractivity contribution in [1.82, 2.24) is 10.2 Å². The van der Waals surface area contributed by atoms with Crippen molar-refractivity contribution in [3.63, 3.8) is 0 Å². The van der Waals surface area contributed by atoms with Crippen LogP contribution in [0.2, 0.25) is 0 Å². The van der Waals surface area contributed by atoms with E-state index in [1.165, 1.54) is 6.42 Å². The number of rotatable bonds is 5. The molecule has 8 heteroatoms. The Morgan fingerprint density at radius 2 is 1.97 bits per heavy atom. The quantitative estimate of drug-likeness (QED) is 0.642. The smallest absolute Gasteiger partial charge is 0.247 e. The highest BCUT2D eigenvalue weighted by atomic mass is 16.5. The molecule has 3 heterocycles. The summed E-state index contributed by atoms with van der Waals surface area (Å²) in [5.41, 5.74) is 2.96. The molecule has 0 bridgehead atoms. The van der Waals surface area contributed by atoms with Crippen molar-refractivity contribution in [1.29, 1.82) is 0 Å². The summed E-state index contributed by atoms with van der Waals surface area (Å²) in [6, 6.07) is 7.27. The summed E-state index contributed by atoms with van der Waals surface area (Å²) in [4.78, 5) is 26.2. The molecule has 5 rings (SSSR count). The van der Waals surface area contributed by atoms with Crippen LogP contribution in [0, 0.1) is 12.8 Å².